The second-order valence-electron chi connectivity index (χ2n) is 4.75. The second-order valence-corrected chi connectivity index (χ2v) is 6.99. The summed E-state index contributed by atoms with van der Waals surface area (Å²) in [6.07, 6.45) is 0.881. The maximum absolute atomic E-state index is 12.2. The van der Waals surface area contributed by atoms with E-state index in [-0.39, 0.29) is 6.54 Å². The summed E-state index contributed by atoms with van der Waals surface area (Å²) in [6.45, 7) is 1.14. The third kappa shape index (κ3) is 4.04. The van der Waals surface area contributed by atoms with E-state index in [0.717, 1.165) is 11.5 Å². The molecule has 1 atom stereocenters. The van der Waals surface area contributed by atoms with E-state index < -0.39 is 23.3 Å². The van der Waals surface area contributed by atoms with Crippen molar-refractivity contribution in [3.05, 3.63) is 27.2 Å². The molecule has 0 fully saturated rings. The molecule has 1 unspecified atom stereocenters. The molecule has 0 saturated heterocycles. The first kappa shape index (κ1) is 18.6. The molecule has 2 heterocycles. The molecule has 0 aliphatic carbocycles. The molecule has 0 aromatic carbocycles. The van der Waals surface area contributed by atoms with Gasteiger partial charge in [-0.15, -0.1) is 0 Å². The Bertz CT molecular complexity index is 787. The average Bonchev–Trinajstić information content (AvgIpc) is 2.82. The molecule has 10 heteroatoms. The van der Waals surface area contributed by atoms with E-state index in [1.165, 1.54) is 10.9 Å². The SMILES string of the molecule is CC(=O)O.Cn1cnc2c1c(=O)n(CC(O)[CH2][Hg])c(=O)n2C. The monoisotopic (exact) mass is 499 g/mol. The molecule has 0 saturated carbocycles. The van der Waals surface area contributed by atoms with Gasteiger partial charge in [0.1, 0.15) is 0 Å². The number of fused-ring (bicyclic) bond motifs is 1. The van der Waals surface area contributed by atoms with Crippen LogP contribution in [0.5, 0.6) is 0 Å². The molecule has 0 bridgehead atoms. The van der Waals surface area contributed by atoms with E-state index in [1.807, 2.05) is 0 Å². The summed E-state index contributed by atoms with van der Waals surface area (Å²) in [5.74, 6) is -0.833. The number of carbonyl (C=O) groups is 1. The van der Waals surface area contributed by atoms with Crippen molar-refractivity contribution in [1.82, 2.24) is 18.7 Å². The van der Waals surface area contributed by atoms with E-state index in [2.05, 4.69) is 4.98 Å². The first-order valence-electron chi connectivity index (χ1n) is 6.48. The van der Waals surface area contributed by atoms with Crippen molar-refractivity contribution in [2.45, 2.75) is 23.5 Å². The van der Waals surface area contributed by atoms with Gasteiger partial charge in [0.2, 0.25) is 0 Å². The Balaban J connectivity index is 0.000000541. The zero-order chi connectivity index (χ0) is 17.0. The van der Waals surface area contributed by atoms with Gasteiger partial charge in [-0.3, -0.25) is 4.79 Å². The Hall–Kier alpha value is -1.48. The van der Waals surface area contributed by atoms with Crippen LogP contribution in [-0.2, 0) is 51.6 Å². The standard InChI is InChI=1S/C10H13N4O3.C2H4O2.Hg/c1-6(15)4-14-9(16)7-8(11-5-12(7)2)13(3)10(14)17;1-2(3)4;/h5-6,15H,1,4H2,2-3H3;1H3,(H,3,4);. The van der Waals surface area contributed by atoms with Crippen molar-refractivity contribution in [3.63, 3.8) is 0 Å². The number of aliphatic hydroxyl groups excluding tert-OH is 1. The van der Waals surface area contributed by atoms with E-state index in [0.29, 0.717) is 41.2 Å². The molecule has 0 aliphatic heterocycles. The van der Waals surface area contributed by atoms with Gasteiger partial charge in [0.05, 0.1) is 0 Å². The average molecular weight is 498 g/mol. The van der Waals surface area contributed by atoms with Gasteiger partial charge in [-0.05, 0) is 0 Å². The van der Waals surface area contributed by atoms with Crippen LogP contribution in [-0.4, -0.2) is 41.0 Å². The fourth-order valence-electron chi connectivity index (χ4n) is 1.86. The zero-order valence-corrected chi connectivity index (χ0v) is 18.2. The summed E-state index contributed by atoms with van der Waals surface area (Å²) >= 11 is 0.435. The molecular weight excluding hydrogens is 481 g/mol. The van der Waals surface area contributed by atoms with Gasteiger partial charge >= 0.3 is 119 Å². The van der Waals surface area contributed by atoms with Gasteiger partial charge < -0.3 is 5.11 Å². The van der Waals surface area contributed by atoms with Gasteiger partial charge in [-0.1, -0.05) is 0 Å². The summed E-state index contributed by atoms with van der Waals surface area (Å²) in [6, 6.07) is 0. The van der Waals surface area contributed by atoms with Crippen LogP contribution in [0.4, 0.5) is 0 Å². The number of aryl methyl sites for hydroxylation is 2. The molecule has 0 radical (unpaired) electrons. The minimum atomic E-state index is -0.833. The molecule has 0 spiro atoms. The summed E-state index contributed by atoms with van der Waals surface area (Å²) < 4.78 is 4.69. The van der Waals surface area contributed by atoms with Crippen LogP contribution in [0.15, 0.2) is 15.9 Å². The first-order valence-corrected chi connectivity index (χ1v) is 10.4. The van der Waals surface area contributed by atoms with Crippen LogP contribution in [0.2, 0.25) is 3.93 Å². The normalized spacial score (nSPS) is 11.9. The minimum absolute atomic E-state index is 0.0517. The summed E-state index contributed by atoms with van der Waals surface area (Å²) in [4.78, 5) is 37.3. The number of carboxylic acid groups (broad SMARTS) is 1. The van der Waals surface area contributed by atoms with Gasteiger partial charge in [0, 0.05) is 6.92 Å². The number of aliphatic carboxylic acids is 1. The Morgan fingerprint density at radius 3 is 2.45 bits per heavy atom. The molecule has 117 valence electrons. The van der Waals surface area contributed by atoms with E-state index in [4.69, 9.17) is 9.90 Å². The topological polar surface area (TPSA) is 119 Å². The number of hydrogen-bond donors (Lipinski definition) is 2. The Kier molecular flexibility index (Phi) is 6.48. The van der Waals surface area contributed by atoms with Crippen molar-refractivity contribution in [1.29, 1.82) is 0 Å². The predicted octanol–water partition coefficient (Wildman–Crippen LogP) is -1.15. The zero-order valence-electron chi connectivity index (χ0n) is 12.7. The number of imidazole rings is 1. The number of hydrogen-bond acceptors (Lipinski definition) is 5. The number of nitrogens with zero attached hydrogens (tertiary/aromatic N) is 4. The van der Waals surface area contributed by atoms with Crippen molar-refractivity contribution in [3.8, 4) is 0 Å². The second kappa shape index (κ2) is 7.68. The Labute approximate surface area is 141 Å². The summed E-state index contributed by atoms with van der Waals surface area (Å²) in [5, 5.41) is 17.1. The van der Waals surface area contributed by atoms with Crippen LogP contribution in [0.3, 0.4) is 0 Å². The van der Waals surface area contributed by atoms with Crippen LogP contribution in [0, 0.1) is 0 Å². The fraction of sp³-hybridized carbons (Fsp3) is 0.500. The molecule has 2 N–H and O–H groups in total. The number of aliphatic hydroxyl groups is 1. The van der Waals surface area contributed by atoms with Crippen molar-refractivity contribution in [2.24, 2.45) is 14.1 Å². The van der Waals surface area contributed by atoms with Crippen molar-refractivity contribution < 1.29 is 41.1 Å². The Morgan fingerprint density at radius 1 is 1.41 bits per heavy atom. The van der Waals surface area contributed by atoms with Gasteiger partial charge in [-0.2, -0.15) is 0 Å². The van der Waals surface area contributed by atoms with E-state index in [1.54, 1.807) is 18.7 Å². The van der Waals surface area contributed by atoms with E-state index in [9.17, 15) is 14.7 Å². The predicted molar refractivity (Wildman–Crippen MR) is 74.3 cm³/mol. The van der Waals surface area contributed by atoms with Crippen LogP contribution >= 0.6 is 0 Å². The van der Waals surface area contributed by atoms with Crippen LogP contribution < -0.4 is 11.2 Å². The molecule has 9 nitrogen and oxygen atoms in total. The first-order chi connectivity index (χ1) is 10.2. The van der Waals surface area contributed by atoms with Crippen LogP contribution in [0.25, 0.3) is 11.2 Å². The molecular formula is C12H17HgN4O5. The van der Waals surface area contributed by atoms with Gasteiger partial charge in [0.15, 0.2) is 0 Å². The molecule has 2 rings (SSSR count). The number of carboxylic acids is 1. The third-order valence-corrected chi connectivity index (χ3v) is 5.52. The quantitative estimate of drug-likeness (QED) is 0.517. The molecule has 0 aliphatic rings. The van der Waals surface area contributed by atoms with E-state index >= 15 is 0 Å². The summed E-state index contributed by atoms with van der Waals surface area (Å²) in [7, 11) is 3.28. The van der Waals surface area contributed by atoms with Crippen molar-refractivity contribution in [2.75, 3.05) is 0 Å². The molecule has 0 amide bonds. The molecule has 22 heavy (non-hydrogen) atoms. The summed E-state index contributed by atoms with van der Waals surface area (Å²) in [5.41, 5.74) is -0.0867. The number of rotatable bonds is 3. The number of aromatic nitrogens is 4. The molecule has 2 aromatic rings. The molecule has 2 aromatic heterocycles. The fourth-order valence-corrected chi connectivity index (χ4v) is 2.57. The third-order valence-electron chi connectivity index (χ3n) is 2.93. The van der Waals surface area contributed by atoms with Gasteiger partial charge in [-0.25, -0.2) is 0 Å². The van der Waals surface area contributed by atoms with Crippen LogP contribution in [0.1, 0.15) is 6.92 Å². The maximum atomic E-state index is 12.2. The van der Waals surface area contributed by atoms with Gasteiger partial charge in [0.25, 0.3) is 5.97 Å². The van der Waals surface area contributed by atoms with Crippen molar-refractivity contribution >= 4 is 17.1 Å². The Morgan fingerprint density at radius 2 is 1.95 bits per heavy atom.